The Morgan fingerprint density at radius 1 is 0.762 bits per heavy atom. The Balaban J connectivity index is 1.77. The fourth-order valence-corrected chi connectivity index (χ4v) is 6.39. The third-order valence-electron chi connectivity index (χ3n) is 8.07. The van der Waals surface area contributed by atoms with Crippen LogP contribution in [0.15, 0.2) is 30.0 Å². The molecule has 10 heteroatoms. The van der Waals surface area contributed by atoms with E-state index >= 15 is 0 Å². The lowest BCUT2D eigenvalue weighted by Gasteiger charge is -2.34. The molecule has 6 rings (SSSR count). The molecule has 0 saturated heterocycles. The smallest absolute Gasteiger partial charge is 0.229 e. The Morgan fingerprint density at radius 2 is 1.45 bits per heavy atom. The van der Waals surface area contributed by atoms with Crippen LogP contribution in [0, 0.1) is 6.92 Å². The lowest BCUT2D eigenvalue weighted by Crippen LogP contribution is -2.28. The van der Waals surface area contributed by atoms with Crippen LogP contribution >= 0.6 is 0 Å². The van der Waals surface area contributed by atoms with Gasteiger partial charge in [0.2, 0.25) is 11.6 Å². The van der Waals surface area contributed by atoms with Crippen LogP contribution in [-0.4, -0.2) is 58.8 Å². The second-order valence-electron chi connectivity index (χ2n) is 10.7. The van der Waals surface area contributed by atoms with E-state index in [-0.39, 0.29) is 68.0 Å². The summed E-state index contributed by atoms with van der Waals surface area (Å²) in [6, 6.07) is 4.12. The summed E-state index contributed by atoms with van der Waals surface area (Å²) in [5, 5.41) is 33.8. The molecular weight excluding hydrogens is 544 g/mol. The minimum absolute atomic E-state index is 0.0194. The molecule has 3 aliphatic rings. The predicted octanol–water partition coefficient (Wildman–Crippen LogP) is 4.49. The van der Waals surface area contributed by atoms with Crippen molar-refractivity contribution in [3.05, 3.63) is 80.1 Å². The van der Waals surface area contributed by atoms with Crippen molar-refractivity contribution < 1.29 is 48.7 Å². The van der Waals surface area contributed by atoms with E-state index in [1.807, 2.05) is 0 Å². The number of methoxy groups -OCH3 is 2. The molecule has 0 fully saturated rings. The number of carbonyl (C=O) groups excluding carboxylic acids is 4. The van der Waals surface area contributed by atoms with Gasteiger partial charge in [0, 0.05) is 33.9 Å². The summed E-state index contributed by atoms with van der Waals surface area (Å²) in [5.74, 6) is -4.70. The first kappa shape index (κ1) is 27.2. The molecule has 3 N–H and O–H groups in total. The van der Waals surface area contributed by atoms with Gasteiger partial charge in [-0.3, -0.25) is 19.2 Å². The molecule has 10 nitrogen and oxygen atoms in total. The molecule has 1 heterocycles. The van der Waals surface area contributed by atoms with Crippen LogP contribution in [0.25, 0.3) is 11.1 Å². The number of aryl methyl sites for hydroxylation is 1. The van der Waals surface area contributed by atoms with E-state index in [1.165, 1.54) is 32.4 Å². The highest BCUT2D eigenvalue weighted by molar-refractivity contribution is 6.32. The zero-order chi connectivity index (χ0) is 30.4. The lowest BCUT2D eigenvalue weighted by molar-refractivity contribution is -0.00593. The second kappa shape index (κ2) is 9.28. The number of benzene rings is 3. The molecule has 2 unspecified atom stereocenters. The zero-order valence-corrected chi connectivity index (χ0v) is 23.4. The summed E-state index contributed by atoms with van der Waals surface area (Å²) in [4.78, 5) is 54.5. The number of phenols is 3. The van der Waals surface area contributed by atoms with Gasteiger partial charge in [0.1, 0.15) is 23.0 Å². The highest BCUT2D eigenvalue weighted by atomic mass is 16.5. The van der Waals surface area contributed by atoms with Crippen LogP contribution in [-0.2, 0) is 15.9 Å². The van der Waals surface area contributed by atoms with E-state index < -0.39 is 52.6 Å². The first-order chi connectivity index (χ1) is 19.9. The number of hydrogen-bond acceptors (Lipinski definition) is 10. The fourth-order valence-electron chi connectivity index (χ4n) is 6.39. The fraction of sp³-hybridized carbons (Fsp3) is 0.250. The normalized spacial score (nSPS) is 19.0. The molecule has 2 aliphatic carbocycles. The molecule has 0 saturated carbocycles. The molecule has 0 amide bonds. The van der Waals surface area contributed by atoms with E-state index in [1.54, 1.807) is 20.8 Å². The average Bonchev–Trinajstić information content (AvgIpc) is 2.92. The van der Waals surface area contributed by atoms with E-state index in [9.17, 15) is 34.5 Å². The first-order valence-corrected chi connectivity index (χ1v) is 13.2. The molecule has 3 aromatic rings. The molecule has 42 heavy (non-hydrogen) atoms. The van der Waals surface area contributed by atoms with Crippen molar-refractivity contribution in [3.8, 4) is 34.1 Å². The standard InChI is InChI=1S/C32H26O10/c1-11-6-15-22(17(33)7-11)31(38)24-16(28(15)35)9-19(40-4)26(32(24)39)23-14-8-12(2)42-13(3)21(14)30(37)25-18(34)10-20(41-5)29(36)27(23)25/h6-7,9-10,12-13,33,37,39H,8H2,1-5H3. The van der Waals surface area contributed by atoms with E-state index in [0.717, 1.165) is 6.08 Å². The van der Waals surface area contributed by atoms with Gasteiger partial charge in [-0.05, 0) is 56.5 Å². The monoisotopic (exact) mass is 570 g/mol. The number of phenolic OH excluding ortho intramolecular Hbond substituents is 3. The Labute approximate surface area is 239 Å². The number of hydrogen-bond donors (Lipinski definition) is 3. The van der Waals surface area contributed by atoms with Crippen LogP contribution in [0.4, 0.5) is 0 Å². The molecule has 0 radical (unpaired) electrons. The van der Waals surface area contributed by atoms with Crippen LogP contribution in [0.2, 0.25) is 0 Å². The maximum atomic E-state index is 13.8. The average molecular weight is 571 g/mol. The van der Waals surface area contributed by atoms with E-state index in [2.05, 4.69) is 0 Å². The number of carbonyl (C=O) groups is 4. The van der Waals surface area contributed by atoms with Crippen molar-refractivity contribution in [3.63, 3.8) is 0 Å². The quantitative estimate of drug-likeness (QED) is 0.321. The molecule has 0 bridgehead atoms. The van der Waals surface area contributed by atoms with Crippen molar-refractivity contribution in [2.24, 2.45) is 0 Å². The second-order valence-corrected chi connectivity index (χ2v) is 10.7. The van der Waals surface area contributed by atoms with Crippen LogP contribution in [0.3, 0.4) is 0 Å². The number of fused-ring (bicyclic) bond motifs is 4. The predicted molar refractivity (Wildman–Crippen MR) is 148 cm³/mol. The Morgan fingerprint density at radius 3 is 2.12 bits per heavy atom. The minimum Gasteiger partial charge on any atom is -0.507 e. The number of allylic oxidation sites excluding steroid dienone is 2. The van der Waals surface area contributed by atoms with Gasteiger partial charge < -0.3 is 29.5 Å². The third kappa shape index (κ3) is 3.54. The van der Waals surface area contributed by atoms with Crippen molar-refractivity contribution in [2.45, 2.75) is 39.4 Å². The molecule has 1 aliphatic heterocycles. The van der Waals surface area contributed by atoms with Gasteiger partial charge in [-0.15, -0.1) is 0 Å². The summed E-state index contributed by atoms with van der Waals surface area (Å²) in [7, 11) is 2.52. The molecular formula is C32H26O10. The summed E-state index contributed by atoms with van der Waals surface area (Å²) in [6.45, 7) is 5.14. The minimum atomic E-state index is -0.801. The lowest BCUT2D eigenvalue weighted by atomic mass is 9.75. The van der Waals surface area contributed by atoms with Gasteiger partial charge in [0.05, 0.1) is 48.7 Å². The number of rotatable bonds is 3. The molecule has 3 aromatic carbocycles. The van der Waals surface area contributed by atoms with Crippen molar-refractivity contribution in [1.29, 1.82) is 0 Å². The van der Waals surface area contributed by atoms with Crippen molar-refractivity contribution >= 4 is 23.1 Å². The molecule has 2 atom stereocenters. The van der Waals surface area contributed by atoms with Gasteiger partial charge >= 0.3 is 0 Å². The topological polar surface area (TPSA) is 157 Å². The number of Topliss-reactive ketones (excluding diaryl/α,β-unsaturated/α-hetero) is 1. The van der Waals surface area contributed by atoms with E-state index in [4.69, 9.17) is 14.2 Å². The molecule has 0 aromatic heterocycles. The van der Waals surface area contributed by atoms with Crippen molar-refractivity contribution in [1.82, 2.24) is 0 Å². The van der Waals surface area contributed by atoms with Crippen LogP contribution in [0.5, 0.6) is 23.0 Å². The van der Waals surface area contributed by atoms with Crippen molar-refractivity contribution in [2.75, 3.05) is 14.2 Å². The zero-order valence-electron chi connectivity index (χ0n) is 23.4. The summed E-state index contributed by atoms with van der Waals surface area (Å²) in [6.07, 6.45) is 0.0468. The van der Waals surface area contributed by atoms with Gasteiger partial charge in [0.15, 0.2) is 17.3 Å². The SMILES string of the molecule is COC1=CC(=O)c2c(O)c3c(c(-c4c(OC)cc5c(c4O)C(=O)c4c(O)cc(C)cc4C5=O)c2C1=O)CC(C)OC3C. The number of aromatic hydroxyl groups is 3. The number of ether oxygens (including phenoxy) is 3. The van der Waals surface area contributed by atoms with Gasteiger partial charge in [-0.2, -0.15) is 0 Å². The Bertz CT molecular complexity index is 1850. The van der Waals surface area contributed by atoms with Gasteiger partial charge in [-0.25, -0.2) is 0 Å². The van der Waals surface area contributed by atoms with E-state index in [0.29, 0.717) is 11.1 Å². The maximum absolute atomic E-state index is 13.8. The third-order valence-corrected chi connectivity index (χ3v) is 8.07. The van der Waals surface area contributed by atoms with Gasteiger partial charge in [0.25, 0.3) is 0 Å². The van der Waals surface area contributed by atoms with Crippen LogP contribution in [0.1, 0.15) is 89.2 Å². The highest BCUT2D eigenvalue weighted by Gasteiger charge is 2.43. The Kier molecular flexibility index (Phi) is 6.02. The molecule has 0 spiro atoms. The number of ketones is 4. The highest BCUT2D eigenvalue weighted by Crippen LogP contribution is 2.54. The summed E-state index contributed by atoms with van der Waals surface area (Å²) >= 11 is 0. The van der Waals surface area contributed by atoms with Crippen LogP contribution < -0.4 is 4.74 Å². The Hall–Kier alpha value is -4.96. The maximum Gasteiger partial charge on any atom is 0.229 e. The largest absolute Gasteiger partial charge is 0.507 e. The van der Waals surface area contributed by atoms with Gasteiger partial charge in [-0.1, -0.05) is 0 Å². The summed E-state index contributed by atoms with van der Waals surface area (Å²) < 4.78 is 16.8. The first-order valence-electron chi connectivity index (χ1n) is 13.2. The molecule has 214 valence electrons. The summed E-state index contributed by atoms with van der Waals surface area (Å²) in [5.41, 5.74) is -0.225.